The highest BCUT2D eigenvalue weighted by atomic mass is 35.5. The minimum absolute atomic E-state index is 0.140. The minimum atomic E-state index is -3.46. The molecule has 1 aromatic rings. The van der Waals surface area contributed by atoms with Gasteiger partial charge in [0.1, 0.15) is 0 Å². The molecule has 0 amide bonds. The smallest absolute Gasteiger partial charge is 0.317 e. The van der Waals surface area contributed by atoms with Gasteiger partial charge in [0.05, 0.1) is 17.2 Å². The maximum absolute atomic E-state index is 12.2. The first kappa shape index (κ1) is 17.9. The van der Waals surface area contributed by atoms with Crippen LogP contribution in [0.5, 0.6) is 0 Å². The predicted molar refractivity (Wildman–Crippen MR) is 82.5 cm³/mol. The second kappa shape index (κ2) is 6.77. The van der Waals surface area contributed by atoms with Crippen LogP contribution in [-0.2, 0) is 14.6 Å². The molecule has 0 fully saturated rings. The summed E-state index contributed by atoms with van der Waals surface area (Å²) in [5.74, 6) is -1.12. The number of carboxylic acid groups (broad SMARTS) is 1. The van der Waals surface area contributed by atoms with E-state index in [4.69, 9.17) is 16.7 Å². The fourth-order valence-corrected chi connectivity index (χ4v) is 3.18. The monoisotopic (exact) mass is 333 g/mol. The SMILES string of the molecule is CC(C)(C)N(CCS(=O)(=O)c1ccc(Cl)cc1)CC(=O)O. The molecule has 0 bridgehead atoms. The van der Waals surface area contributed by atoms with Gasteiger partial charge in [-0.15, -0.1) is 0 Å². The Hall–Kier alpha value is -1.11. The lowest BCUT2D eigenvalue weighted by Crippen LogP contribution is -2.46. The normalized spacial score (nSPS) is 12.6. The Labute approximate surface area is 130 Å². The summed E-state index contributed by atoms with van der Waals surface area (Å²) < 4.78 is 24.5. The average molecular weight is 334 g/mol. The van der Waals surface area contributed by atoms with Crippen molar-refractivity contribution in [1.82, 2.24) is 4.90 Å². The number of sulfone groups is 1. The molecule has 1 aromatic carbocycles. The van der Waals surface area contributed by atoms with E-state index in [0.29, 0.717) is 5.02 Å². The third-order valence-corrected chi connectivity index (χ3v) is 5.04. The molecule has 21 heavy (non-hydrogen) atoms. The average Bonchev–Trinajstić information content (AvgIpc) is 2.33. The standard InChI is InChI=1S/C14H20ClNO4S/c1-14(2,3)16(10-13(17)18)8-9-21(19,20)12-6-4-11(15)5-7-12/h4-7H,8-10H2,1-3H3,(H,17,18). The second-order valence-corrected chi connectivity index (χ2v) is 8.30. The molecule has 0 aliphatic heterocycles. The van der Waals surface area contributed by atoms with Gasteiger partial charge in [0, 0.05) is 17.1 Å². The largest absolute Gasteiger partial charge is 0.480 e. The predicted octanol–water partition coefficient (Wildman–Crippen LogP) is 2.30. The molecule has 118 valence electrons. The number of nitrogens with zero attached hydrogens (tertiary/aromatic N) is 1. The van der Waals surface area contributed by atoms with Crippen molar-refractivity contribution in [2.24, 2.45) is 0 Å². The van der Waals surface area contributed by atoms with Crippen molar-refractivity contribution in [3.63, 3.8) is 0 Å². The summed E-state index contributed by atoms with van der Waals surface area (Å²) in [6, 6.07) is 5.95. The van der Waals surface area contributed by atoms with Gasteiger partial charge in [-0.25, -0.2) is 8.42 Å². The van der Waals surface area contributed by atoms with Gasteiger partial charge in [0.15, 0.2) is 9.84 Å². The summed E-state index contributed by atoms with van der Waals surface area (Å²) in [4.78, 5) is 12.7. The topological polar surface area (TPSA) is 74.7 Å². The summed E-state index contributed by atoms with van der Waals surface area (Å²) in [5.41, 5.74) is -0.423. The molecule has 1 rings (SSSR count). The van der Waals surface area contributed by atoms with E-state index < -0.39 is 21.3 Å². The molecule has 0 radical (unpaired) electrons. The zero-order valence-electron chi connectivity index (χ0n) is 12.3. The van der Waals surface area contributed by atoms with E-state index in [9.17, 15) is 13.2 Å². The van der Waals surface area contributed by atoms with Gasteiger partial charge in [-0.2, -0.15) is 0 Å². The highest BCUT2D eigenvalue weighted by Crippen LogP contribution is 2.17. The van der Waals surface area contributed by atoms with E-state index in [1.165, 1.54) is 24.3 Å². The summed E-state index contributed by atoms with van der Waals surface area (Å²) >= 11 is 5.74. The molecule has 7 heteroatoms. The van der Waals surface area contributed by atoms with Crippen LogP contribution in [0.4, 0.5) is 0 Å². The van der Waals surface area contributed by atoms with Crippen molar-refractivity contribution in [3.8, 4) is 0 Å². The van der Waals surface area contributed by atoms with E-state index in [0.717, 1.165) is 0 Å². The van der Waals surface area contributed by atoms with Crippen LogP contribution in [0.3, 0.4) is 0 Å². The van der Waals surface area contributed by atoms with Crippen LogP contribution >= 0.6 is 11.6 Å². The molecule has 5 nitrogen and oxygen atoms in total. The number of aliphatic carboxylic acids is 1. The molecular weight excluding hydrogens is 314 g/mol. The lowest BCUT2D eigenvalue weighted by molar-refractivity contribution is -0.139. The Morgan fingerprint density at radius 1 is 1.24 bits per heavy atom. The zero-order valence-corrected chi connectivity index (χ0v) is 13.9. The number of benzene rings is 1. The maximum atomic E-state index is 12.2. The number of carbonyl (C=O) groups is 1. The van der Waals surface area contributed by atoms with E-state index >= 15 is 0 Å². The maximum Gasteiger partial charge on any atom is 0.317 e. The van der Waals surface area contributed by atoms with Gasteiger partial charge in [0.2, 0.25) is 0 Å². The molecule has 0 saturated heterocycles. The fourth-order valence-electron chi connectivity index (χ4n) is 1.81. The first-order valence-electron chi connectivity index (χ1n) is 6.47. The third-order valence-electron chi connectivity index (χ3n) is 3.08. The van der Waals surface area contributed by atoms with Gasteiger partial charge >= 0.3 is 5.97 Å². The number of halogens is 1. The molecule has 0 atom stereocenters. The first-order valence-corrected chi connectivity index (χ1v) is 8.50. The van der Waals surface area contributed by atoms with Crippen molar-refractivity contribution >= 4 is 27.4 Å². The van der Waals surface area contributed by atoms with Crippen molar-refractivity contribution in [3.05, 3.63) is 29.3 Å². The van der Waals surface area contributed by atoms with Gasteiger partial charge in [0.25, 0.3) is 0 Å². The summed E-state index contributed by atoms with van der Waals surface area (Å²) in [7, 11) is -3.46. The van der Waals surface area contributed by atoms with Gasteiger partial charge in [-0.05, 0) is 45.0 Å². The number of hydrogen-bond acceptors (Lipinski definition) is 4. The zero-order chi connectivity index (χ0) is 16.3. The van der Waals surface area contributed by atoms with Crippen LogP contribution < -0.4 is 0 Å². The van der Waals surface area contributed by atoms with E-state index in [1.807, 2.05) is 20.8 Å². The number of hydrogen-bond donors (Lipinski definition) is 1. The molecular formula is C14H20ClNO4S. The molecule has 1 N–H and O–H groups in total. The highest BCUT2D eigenvalue weighted by Gasteiger charge is 2.25. The van der Waals surface area contributed by atoms with Gasteiger partial charge in [-0.3, -0.25) is 9.69 Å². The van der Waals surface area contributed by atoms with Gasteiger partial charge < -0.3 is 5.11 Å². The Kier molecular flexibility index (Phi) is 5.78. The van der Waals surface area contributed by atoms with E-state index in [-0.39, 0.29) is 23.7 Å². The lowest BCUT2D eigenvalue weighted by Gasteiger charge is -2.34. The molecule has 0 spiro atoms. The lowest BCUT2D eigenvalue weighted by atomic mass is 10.1. The van der Waals surface area contributed by atoms with Crippen LogP contribution in [0.15, 0.2) is 29.2 Å². The van der Waals surface area contributed by atoms with Crippen LogP contribution in [-0.4, -0.2) is 48.8 Å². The molecule has 0 aliphatic carbocycles. The fraction of sp³-hybridized carbons (Fsp3) is 0.500. The Balaban J connectivity index is 2.83. The quantitative estimate of drug-likeness (QED) is 0.864. The van der Waals surface area contributed by atoms with E-state index in [2.05, 4.69) is 0 Å². The minimum Gasteiger partial charge on any atom is -0.480 e. The van der Waals surface area contributed by atoms with Crippen LogP contribution in [0.1, 0.15) is 20.8 Å². The highest BCUT2D eigenvalue weighted by molar-refractivity contribution is 7.91. The molecule has 0 aromatic heterocycles. The molecule has 0 saturated carbocycles. The molecule has 0 heterocycles. The van der Waals surface area contributed by atoms with Crippen LogP contribution in [0, 0.1) is 0 Å². The first-order chi connectivity index (χ1) is 9.52. The summed E-state index contributed by atoms with van der Waals surface area (Å²) in [6.45, 7) is 5.51. The van der Waals surface area contributed by atoms with Crippen molar-refractivity contribution < 1.29 is 18.3 Å². The van der Waals surface area contributed by atoms with Crippen LogP contribution in [0.2, 0.25) is 5.02 Å². The van der Waals surface area contributed by atoms with Crippen molar-refractivity contribution in [1.29, 1.82) is 0 Å². The Morgan fingerprint density at radius 3 is 2.19 bits per heavy atom. The molecule has 0 aliphatic rings. The Bertz CT molecular complexity index is 590. The Morgan fingerprint density at radius 2 is 1.76 bits per heavy atom. The second-order valence-electron chi connectivity index (χ2n) is 5.76. The molecule has 0 unspecified atom stereocenters. The van der Waals surface area contributed by atoms with E-state index in [1.54, 1.807) is 4.90 Å². The number of carboxylic acids is 1. The van der Waals surface area contributed by atoms with Crippen molar-refractivity contribution in [2.75, 3.05) is 18.8 Å². The summed E-state index contributed by atoms with van der Waals surface area (Å²) in [5, 5.41) is 9.39. The third kappa shape index (κ3) is 5.65. The van der Waals surface area contributed by atoms with Gasteiger partial charge in [-0.1, -0.05) is 11.6 Å². The van der Waals surface area contributed by atoms with Crippen LogP contribution in [0.25, 0.3) is 0 Å². The van der Waals surface area contributed by atoms with Crippen molar-refractivity contribution in [2.45, 2.75) is 31.2 Å². The summed E-state index contributed by atoms with van der Waals surface area (Å²) in [6.07, 6.45) is 0. The number of rotatable bonds is 6.